The third-order valence-corrected chi connectivity index (χ3v) is 2.55. The predicted octanol–water partition coefficient (Wildman–Crippen LogP) is 3.33. The number of hydrogen-bond donors (Lipinski definition) is 0. The van der Waals surface area contributed by atoms with Gasteiger partial charge in [0.25, 0.3) is 0 Å². The molecule has 0 radical (unpaired) electrons. The molecule has 0 unspecified atom stereocenters. The van der Waals surface area contributed by atoms with Gasteiger partial charge in [0.1, 0.15) is 5.60 Å². The number of carbonyl (C=O) groups excluding carboxylic acids is 1. The Hall–Kier alpha value is -2.11. The highest BCUT2D eigenvalue weighted by atomic mass is 16.7. The van der Waals surface area contributed by atoms with Gasteiger partial charge in [-0.15, -0.1) is 0 Å². The van der Waals surface area contributed by atoms with Crippen molar-refractivity contribution in [3.8, 4) is 23.0 Å². The second kappa shape index (κ2) is 6.56. The van der Waals surface area contributed by atoms with E-state index >= 15 is 0 Å². The molecule has 0 fully saturated rings. The van der Waals surface area contributed by atoms with E-state index in [0.29, 0.717) is 11.5 Å². The van der Waals surface area contributed by atoms with Crippen LogP contribution in [0.5, 0.6) is 23.0 Å². The average Bonchev–Trinajstić information content (AvgIpc) is 2.36. The fourth-order valence-electron chi connectivity index (χ4n) is 1.77. The molecule has 1 aromatic carbocycles. The first kappa shape index (κ1) is 16.9. The SMILES string of the molecule is COc1cc(C)c(OC)c(OC(=O)OC(C)(C)C)c1OC. The molecule has 21 heavy (non-hydrogen) atoms. The van der Waals surface area contributed by atoms with Crippen LogP contribution >= 0.6 is 0 Å². The first-order valence-electron chi connectivity index (χ1n) is 6.44. The van der Waals surface area contributed by atoms with E-state index in [1.807, 2.05) is 6.92 Å². The molecule has 6 heteroatoms. The van der Waals surface area contributed by atoms with Gasteiger partial charge in [0.15, 0.2) is 11.5 Å². The standard InChI is InChI=1S/C15H22O6/c1-9-8-10(17-5)12(19-7)13(11(9)18-6)20-14(16)21-15(2,3)4/h8H,1-7H3. The number of rotatable bonds is 4. The predicted molar refractivity (Wildman–Crippen MR) is 77.7 cm³/mol. The van der Waals surface area contributed by atoms with Gasteiger partial charge in [0, 0.05) is 0 Å². The van der Waals surface area contributed by atoms with E-state index < -0.39 is 11.8 Å². The van der Waals surface area contributed by atoms with Gasteiger partial charge in [-0.3, -0.25) is 0 Å². The highest BCUT2D eigenvalue weighted by Crippen LogP contribution is 2.46. The minimum absolute atomic E-state index is 0.131. The molecule has 0 heterocycles. The zero-order valence-electron chi connectivity index (χ0n) is 13.5. The van der Waals surface area contributed by atoms with E-state index in [-0.39, 0.29) is 11.5 Å². The number of aryl methyl sites for hydroxylation is 1. The quantitative estimate of drug-likeness (QED) is 0.627. The minimum atomic E-state index is -0.841. The smallest absolute Gasteiger partial charge is 0.493 e. The first-order valence-corrected chi connectivity index (χ1v) is 6.44. The van der Waals surface area contributed by atoms with Crippen molar-refractivity contribution in [3.05, 3.63) is 11.6 Å². The van der Waals surface area contributed by atoms with Crippen molar-refractivity contribution in [2.75, 3.05) is 21.3 Å². The molecule has 0 saturated heterocycles. The van der Waals surface area contributed by atoms with Crippen LogP contribution in [-0.2, 0) is 4.74 Å². The molecule has 0 aliphatic heterocycles. The zero-order chi connectivity index (χ0) is 16.2. The summed E-state index contributed by atoms with van der Waals surface area (Å²) in [4.78, 5) is 11.9. The van der Waals surface area contributed by atoms with E-state index in [1.165, 1.54) is 21.3 Å². The largest absolute Gasteiger partial charge is 0.514 e. The van der Waals surface area contributed by atoms with Gasteiger partial charge >= 0.3 is 6.16 Å². The van der Waals surface area contributed by atoms with Crippen LogP contribution in [0.4, 0.5) is 4.79 Å². The maximum absolute atomic E-state index is 11.9. The molecular formula is C15H22O6. The summed E-state index contributed by atoms with van der Waals surface area (Å²) in [6.45, 7) is 7.06. The van der Waals surface area contributed by atoms with Crippen LogP contribution < -0.4 is 18.9 Å². The van der Waals surface area contributed by atoms with Gasteiger partial charge in [-0.25, -0.2) is 4.79 Å². The van der Waals surface area contributed by atoms with Crippen LogP contribution in [0.2, 0.25) is 0 Å². The zero-order valence-corrected chi connectivity index (χ0v) is 13.5. The second-order valence-corrected chi connectivity index (χ2v) is 5.36. The highest BCUT2D eigenvalue weighted by molar-refractivity contribution is 5.71. The Morgan fingerprint density at radius 1 is 0.952 bits per heavy atom. The van der Waals surface area contributed by atoms with Gasteiger partial charge in [-0.1, -0.05) is 0 Å². The van der Waals surface area contributed by atoms with Crippen LogP contribution in [0.3, 0.4) is 0 Å². The molecule has 118 valence electrons. The summed E-state index contributed by atoms with van der Waals surface area (Å²) in [6.07, 6.45) is -0.841. The van der Waals surface area contributed by atoms with Crippen molar-refractivity contribution in [2.45, 2.75) is 33.3 Å². The molecule has 0 atom stereocenters. The van der Waals surface area contributed by atoms with Crippen molar-refractivity contribution in [3.63, 3.8) is 0 Å². The molecule has 0 bridgehead atoms. The number of carbonyl (C=O) groups is 1. The van der Waals surface area contributed by atoms with Crippen molar-refractivity contribution < 1.29 is 28.5 Å². The maximum Gasteiger partial charge on any atom is 0.514 e. The molecule has 0 spiro atoms. The Morgan fingerprint density at radius 3 is 1.95 bits per heavy atom. The lowest BCUT2D eigenvalue weighted by Gasteiger charge is -2.21. The average molecular weight is 298 g/mol. The van der Waals surface area contributed by atoms with Crippen molar-refractivity contribution in [2.24, 2.45) is 0 Å². The van der Waals surface area contributed by atoms with E-state index in [9.17, 15) is 4.79 Å². The van der Waals surface area contributed by atoms with Crippen molar-refractivity contribution in [1.82, 2.24) is 0 Å². The summed E-state index contributed by atoms with van der Waals surface area (Å²) in [5, 5.41) is 0. The lowest BCUT2D eigenvalue weighted by molar-refractivity contribution is 0.0194. The molecule has 6 nitrogen and oxygen atoms in total. The van der Waals surface area contributed by atoms with Crippen LogP contribution in [0.1, 0.15) is 26.3 Å². The molecule has 1 aromatic rings. The van der Waals surface area contributed by atoms with Crippen LogP contribution in [0.25, 0.3) is 0 Å². The van der Waals surface area contributed by atoms with Crippen LogP contribution in [0.15, 0.2) is 6.07 Å². The molecule has 0 saturated carbocycles. The lowest BCUT2D eigenvalue weighted by Crippen LogP contribution is -2.26. The van der Waals surface area contributed by atoms with E-state index in [2.05, 4.69) is 0 Å². The molecule has 0 N–H and O–H groups in total. The molecular weight excluding hydrogens is 276 g/mol. The molecule has 0 aromatic heterocycles. The van der Waals surface area contributed by atoms with Crippen molar-refractivity contribution >= 4 is 6.16 Å². The number of ether oxygens (including phenoxy) is 5. The molecule has 0 amide bonds. The van der Waals surface area contributed by atoms with Crippen molar-refractivity contribution in [1.29, 1.82) is 0 Å². The summed E-state index contributed by atoms with van der Waals surface area (Å²) < 4.78 is 26.2. The summed E-state index contributed by atoms with van der Waals surface area (Å²) in [7, 11) is 4.44. The van der Waals surface area contributed by atoms with E-state index in [4.69, 9.17) is 23.7 Å². The van der Waals surface area contributed by atoms with Crippen LogP contribution in [0, 0.1) is 6.92 Å². The fraction of sp³-hybridized carbons (Fsp3) is 0.533. The Bertz CT molecular complexity index is 516. The Balaban J connectivity index is 3.25. The van der Waals surface area contributed by atoms with E-state index in [0.717, 1.165) is 5.56 Å². The number of hydrogen-bond acceptors (Lipinski definition) is 6. The summed E-state index contributed by atoms with van der Waals surface area (Å²) in [6, 6.07) is 1.74. The van der Waals surface area contributed by atoms with Crippen LogP contribution in [-0.4, -0.2) is 33.1 Å². The normalized spacial score (nSPS) is 10.8. The third kappa shape index (κ3) is 4.18. The Labute approximate surface area is 124 Å². The highest BCUT2D eigenvalue weighted by Gasteiger charge is 2.25. The van der Waals surface area contributed by atoms with Gasteiger partial charge in [-0.05, 0) is 39.3 Å². The first-order chi connectivity index (χ1) is 9.73. The third-order valence-electron chi connectivity index (χ3n) is 2.55. The molecule has 0 aliphatic carbocycles. The maximum atomic E-state index is 11.9. The lowest BCUT2D eigenvalue weighted by atomic mass is 10.1. The van der Waals surface area contributed by atoms with Gasteiger partial charge < -0.3 is 23.7 Å². The van der Waals surface area contributed by atoms with E-state index in [1.54, 1.807) is 26.8 Å². The summed E-state index contributed by atoms with van der Waals surface area (Å²) in [5.74, 6) is 1.23. The summed E-state index contributed by atoms with van der Waals surface area (Å²) in [5.41, 5.74) is 0.0829. The van der Waals surface area contributed by atoms with Gasteiger partial charge in [-0.2, -0.15) is 0 Å². The van der Waals surface area contributed by atoms with Gasteiger partial charge in [0.05, 0.1) is 21.3 Å². The fourth-order valence-corrected chi connectivity index (χ4v) is 1.77. The second-order valence-electron chi connectivity index (χ2n) is 5.36. The number of benzene rings is 1. The number of methoxy groups -OCH3 is 3. The minimum Gasteiger partial charge on any atom is -0.493 e. The summed E-state index contributed by atoms with van der Waals surface area (Å²) >= 11 is 0. The molecule has 1 rings (SSSR count). The Morgan fingerprint density at radius 2 is 1.52 bits per heavy atom. The Kier molecular flexibility index (Phi) is 5.29. The monoisotopic (exact) mass is 298 g/mol. The van der Waals surface area contributed by atoms with Gasteiger partial charge in [0.2, 0.25) is 11.5 Å². The molecule has 0 aliphatic rings. The topological polar surface area (TPSA) is 63.2 Å².